The van der Waals surface area contributed by atoms with Crippen molar-refractivity contribution in [2.24, 2.45) is 0 Å². The minimum Gasteiger partial charge on any atom is -0.452 e. The van der Waals surface area contributed by atoms with Crippen molar-refractivity contribution in [1.82, 2.24) is 0 Å². The molecule has 1 fully saturated rings. The van der Waals surface area contributed by atoms with E-state index in [1.807, 2.05) is 6.07 Å². The van der Waals surface area contributed by atoms with Gasteiger partial charge in [0, 0.05) is 18.1 Å². The van der Waals surface area contributed by atoms with E-state index in [9.17, 15) is 9.90 Å². The van der Waals surface area contributed by atoms with Crippen LogP contribution in [0.2, 0.25) is 0 Å². The highest BCUT2D eigenvalue weighted by Crippen LogP contribution is 2.39. The zero-order valence-electron chi connectivity index (χ0n) is 24.4. The van der Waals surface area contributed by atoms with E-state index in [0.717, 1.165) is 36.1 Å². The first-order valence-electron chi connectivity index (χ1n) is 14.2. The molecular formula is C32H46O6S. The summed E-state index contributed by atoms with van der Waals surface area (Å²) in [5.74, 6) is -0.501. The van der Waals surface area contributed by atoms with Gasteiger partial charge in [-0.2, -0.15) is 0 Å². The van der Waals surface area contributed by atoms with E-state index in [1.165, 1.54) is 17.3 Å². The zero-order valence-corrected chi connectivity index (χ0v) is 25.2. The summed E-state index contributed by atoms with van der Waals surface area (Å²) < 4.78 is 24.7. The van der Waals surface area contributed by atoms with Gasteiger partial charge in [0.1, 0.15) is 23.7 Å². The molecule has 1 N–H and O–H groups in total. The smallest absolute Gasteiger partial charge is 0.338 e. The fraction of sp³-hybridized carbons (Fsp3) is 0.594. The molecule has 0 aliphatic carbocycles. The molecule has 1 heterocycles. The van der Waals surface area contributed by atoms with Crippen molar-refractivity contribution < 1.29 is 28.8 Å². The van der Waals surface area contributed by atoms with Crippen LogP contribution < -0.4 is 0 Å². The summed E-state index contributed by atoms with van der Waals surface area (Å²) in [6.07, 6.45) is 0.628. The zero-order chi connectivity index (χ0) is 28.4. The summed E-state index contributed by atoms with van der Waals surface area (Å²) in [6, 6.07) is 15.3. The van der Waals surface area contributed by atoms with Crippen molar-refractivity contribution in [3.05, 3.63) is 65.2 Å². The molecule has 7 heteroatoms. The summed E-state index contributed by atoms with van der Waals surface area (Å²) in [7, 11) is 0. The SMILES string of the molecule is CCCCOCC1O[C@@H](Sc2cc(C(C)(C)C)ccc2C)[C@@H](OC(=O)c2ccccc2)C(O)[C@@H]1OCCCC. The van der Waals surface area contributed by atoms with E-state index < -0.39 is 35.8 Å². The summed E-state index contributed by atoms with van der Waals surface area (Å²) in [5, 5.41) is 11.6. The molecule has 2 aromatic rings. The minimum absolute atomic E-state index is 0.0248. The topological polar surface area (TPSA) is 74.2 Å². The van der Waals surface area contributed by atoms with Crippen LogP contribution in [0.4, 0.5) is 0 Å². The van der Waals surface area contributed by atoms with E-state index in [0.29, 0.717) is 25.4 Å². The Kier molecular flexibility index (Phi) is 12.3. The standard InChI is InChI=1S/C32H46O6S/c1-7-9-18-35-21-25-28(36-19-10-8-2)27(33)29(38-30(34)23-14-12-11-13-15-23)31(37-25)39-26-20-24(32(4,5)6)17-16-22(26)3/h11-17,20,25,27-29,31,33H,7-10,18-19,21H2,1-6H3/t25?,27?,28-,29+,31+/m1/s1. The largest absolute Gasteiger partial charge is 0.452 e. The summed E-state index contributed by atoms with van der Waals surface area (Å²) in [6.45, 7) is 14.2. The number of rotatable bonds is 13. The average molecular weight is 559 g/mol. The second kappa shape index (κ2) is 15.2. The summed E-state index contributed by atoms with van der Waals surface area (Å²) in [5.41, 5.74) is 2.05. The van der Waals surface area contributed by atoms with E-state index >= 15 is 0 Å². The fourth-order valence-corrected chi connectivity index (χ4v) is 5.60. The molecule has 0 saturated carbocycles. The number of carbonyl (C=O) groups excluding carboxylic acids is 1. The lowest BCUT2D eigenvalue weighted by molar-refractivity contribution is -0.224. The van der Waals surface area contributed by atoms with Gasteiger partial charge in [-0.1, -0.05) is 89.6 Å². The quantitative estimate of drug-likeness (QED) is 0.217. The molecular weight excluding hydrogens is 512 g/mol. The Hall–Kier alpha value is -1.90. The van der Waals surface area contributed by atoms with Crippen LogP contribution in [0.25, 0.3) is 0 Å². The lowest BCUT2D eigenvalue weighted by Crippen LogP contribution is -2.60. The van der Waals surface area contributed by atoms with Crippen LogP contribution in [0, 0.1) is 6.92 Å². The molecule has 1 aliphatic heterocycles. The Morgan fingerprint density at radius 3 is 2.36 bits per heavy atom. The maximum atomic E-state index is 13.1. The van der Waals surface area contributed by atoms with Crippen LogP contribution in [0.1, 0.15) is 81.8 Å². The second-order valence-electron chi connectivity index (χ2n) is 11.2. The number of aliphatic hydroxyl groups is 1. The third kappa shape index (κ3) is 9.05. The van der Waals surface area contributed by atoms with Crippen molar-refractivity contribution in [3.8, 4) is 0 Å². The fourth-order valence-electron chi connectivity index (χ4n) is 4.35. The van der Waals surface area contributed by atoms with E-state index in [4.69, 9.17) is 18.9 Å². The van der Waals surface area contributed by atoms with E-state index in [-0.39, 0.29) is 5.41 Å². The molecule has 6 nitrogen and oxygen atoms in total. The van der Waals surface area contributed by atoms with Gasteiger partial charge in [0.25, 0.3) is 0 Å². The van der Waals surface area contributed by atoms with Crippen molar-refractivity contribution in [3.63, 3.8) is 0 Å². The number of esters is 1. The molecule has 0 bridgehead atoms. The number of hydrogen-bond donors (Lipinski definition) is 1. The van der Waals surface area contributed by atoms with Gasteiger partial charge < -0.3 is 24.1 Å². The number of ether oxygens (including phenoxy) is 4. The molecule has 0 spiro atoms. The number of aliphatic hydroxyl groups excluding tert-OH is 1. The highest BCUT2D eigenvalue weighted by atomic mass is 32.2. The van der Waals surface area contributed by atoms with Crippen LogP contribution in [-0.2, 0) is 24.4 Å². The highest BCUT2D eigenvalue weighted by Gasteiger charge is 2.48. The number of hydrogen-bond acceptors (Lipinski definition) is 7. The van der Waals surface area contributed by atoms with Crippen molar-refractivity contribution >= 4 is 17.7 Å². The number of carbonyl (C=O) groups is 1. The Morgan fingerprint density at radius 1 is 1.00 bits per heavy atom. The normalized spacial score (nSPS) is 23.5. The van der Waals surface area contributed by atoms with Crippen molar-refractivity contribution in [2.45, 2.75) is 107 Å². The maximum Gasteiger partial charge on any atom is 0.338 e. The Labute approximate surface area is 238 Å². The molecule has 0 amide bonds. The number of thioether (sulfide) groups is 1. The predicted octanol–water partition coefficient (Wildman–Crippen LogP) is 6.70. The van der Waals surface area contributed by atoms with Crippen LogP contribution in [-0.4, -0.2) is 60.7 Å². The van der Waals surface area contributed by atoms with Gasteiger partial charge in [-0.25, -0.2) is 4.79 Å². The van der Waals surface area contributed by atoms with Crippen LogP contribution in [0.3, 0.4) is 0 Å². The number of aryl methyl sites for hydroxylation is 1. The first kappa shape index (κ1) is 31.6. The molecule has 2 aromatic carbocycles. The van der Waals surface area contributed by atoms with Crippen molar-refractivity contribution in [1.29, 1.82) is 0 Å². The number of unbranched alkanes of at least 4 members (excludes halogenated alkanes) is 2. The van der Waals surface area contributed by atoms with E-state index in [2.05, 4.69) is 59.7 Å². The first-order chi connectivity index (χ1) is 18.7. The Balaban J connectivity index is 1.92. The Bertz CT molecular complexity index is 1020. The van der Waals surface area contributed by atoms with Gasteiger partial charge in [0.15, 0.2) is 6.10 Å². The molecule has 0 aromatic heterocycles. The molecule has 2 unspecified atom stereocenters. The first-order valence-corrected chi connectivity index (χ1v) is 15.1. The van der Waals surface area contributed by atoms with Crippen molar-refractivity contribution in [2.75, 3.05) is 19.8 Å². The molecule has 0 radical (unpaired) electrons. The molecule has 1 saturated heterocycles. The lowest BCUT2D eigenvalue weighted by Gasteiger charge is -2.43. The van der Waals surface area contributed by atoms with Gasteiger partial charge in [-0.3, -0.25) is 0 Å². The molecule has 3 rings (SSSR count). The second-order valence-corrected chi connectivity index (χ2v) is 12.4. The van der Waals surface area contributed by atoms with Gasteiger partial charge in [0.2, 0.25) is 0 Å². The number of benzene rings is 2. The van der Waals surface area contributed by atoms with Gasteiger partial charge in [0.05, 0.1) is 12.2 Å². The van der Waals surface area contributed by atoms with Gasteiger partial charge in [-0.05, 0) is 54.5 Å². The third-order valence-electron chi connectivity index (χ3n) is 6.90. The Morgan fingerprint density at radius 2 is 1.69 bits per heavy atom. The molecule has 5 atom stereocenters. The predicted molar refractivity (Wildman–Crippen MR) is 156 cm³/mol. The monoisotopic (exact) mass is 558 g/mol. The van der Waals surface area contributed by atoms with E-state index in [1.54, 1.807) is 24.3 Å². The lowest BCUT2D eigenvalue weighted by atomic mass is 9.87. The summed E-state index contributed by atoms with van der Waals surface area (Å²) >= 11 is 1.48. The third-order valence-corrected chi connectivity index (χ3v) is 8.20. The average Bonchev–Trinajstić information content (AvgIpc) is 2.91. The summed E-state index contributed by atoms with van der Waals surface area (Å²) in [4.78, 5) is 14.2. The van der Waals surface area contributed by atoms with Gasteiger partial charge >= 0.3 is 5.97 Å². The maximum absolute atomic E-state index is 13.1. The highest BCUT2D eigenvalue weighted by molar-refractivity contribution is 7.99. The molecule has 216 valence electrons. The van der Waals surface area contributed by atoms with Gasteiger partial charge in [-0.15, -0.1) is 0 Å². The molecule has 1 aliphatic rings. The minimum atomic E-state index is -1.08. The van der Waals surface area contributed by atoms with Crippen LogP contribution in [0.15, 0.2) is 53.4 Å². The van der Waals surface area contributed by atoms with Crippen LogP contribution in [0.5, 0.6) is 0 Å². The van der Waals surface area contributed by atoms with Crippen LogP contribution >= 0.6 is 11.8 Å². The molecule has 39 heavy (non-hydrogen) atoms.